The molecule has 0 atom stereocenters. The van der Waals surface area contributed by atoms with Crippen molar-refractivity contribution >= 4 is 62.8 Å². The largest absolute Gasteiger partial charge is 0 e. The van der Waals surface area contributed by atoms with Gasteiger partial charge in [0.05, 0.1) is 0 Å². The van der Waals surface area contributed by atoms with Crippen molar-refractivity contribution in [3.8, 4) is 0 Å². The molecule has 0 spiro atoms. The quantitative estimate of drug-likeness (QED) is 0.316. The minimum Gasteiger partial charge on any atom is 0 e. The number of nitrogens with zero attached hydrogens (tertiary/aromatic N) is 2. The minimum atomic E-state index is 0. The van der Waals surface area contributed by atoms with Gasteiger partial charge in [-0.1, -0.05) is 0 Å². The molecule has 5 heteroatoms. The zero-order chi connectivity index (χ0) is 17.1. The fraction of sp³-hybridized carbons (Fsp3) is 0.100. The molecule has 0 unspecified atom stereocenters. The maximum atomic E-state index is 4.44. The third kappa shape index (κ3) is 4.99. The standard InChI is InChI=1S/2C10H8NSe.Pd/c2*1-7-5-6-8-3-2-4-9(12)10(8)11-7;/h2*2-6H,1H3;. The summed E-state index contributed by atoms with van der Waals surface area (Å²) < 4.78 is 2.24. The van der Waals surface area contributed by atoms with Crippen LogP contribution in [0.2, 0.25) is 0 Å². The second-order valence-electron chi connectivity index (χ2n) is 5.56. The Labute approximate surface area is 178 Å². The molecule has 0 aliphatic carbocycles. The zero-order valence-electron chi connectivity index (χ0n) is 13.8. The topological polar surface area (TPSA) is 25.8 Å². The third-order valence-electron chi connectivity index (χ3n) is 3.64. The van der Waals surface area contributed by atoms with Gasteiger partial charge in [-0.15, -0.1) is 0 Å². The van der Waals surface area contributed by atoms with Crippen LogP contribution in [0, 0.1) is 13.8 Å². The molecule has 2 nitrogen and oxygen atoms in total. The van der Waals surface area contributed by atoms with E-state index in [-0.39, 0.29) is 20.4 Å². The van der Waals surface area contributed by atoms with Gasteiger partial charge in [0.15, 0.2) is 0 Å². The molecular weight excluding hydrogens is 533 g/mol. The summed E-state index contributed by atoms with van der Waals surface area (Å²) in [6, 6.07) is 20.5. The Bertz CT molecular complexity index is 936. The Morgan fingerprint density at radius 3 is 1.40 bits per heavy atom. The van der Waals surface area contributed by atoms with Gasteiger partial charge < -0.3 is 0 Å². The van der Waals surface area contributed by atoms with Crippen molar-refractivity contribution < 1.29 is 20.4 Å². The van der Waals surface area contributed by atoms with E-state index in [0.29, 0.717) is 0 Å². The first-order valence-corrected chi connectivity index (χ1v) is 9.33. The number of rotatable bonds is 0. The smallest absolute Gasteiger partial charge is 0 e. The van der Waals surface area contributed by atoms with Crippen molar-refractivity contribution in [1.82, 2.24) is 9.97 Å². The zero-order valence-corrected chi connectivity index (χ0v) is 18.8. The van der Waals surface area contributed by atoms with E-state index in [1.54, 1.807) is 0 Å². The van der Waals surface area contributed by atoms with Gasteiger partial charge in [0.2, 0.25) is 0 Å². The van der Waals surface area contributed by atoms with Crippen molar-refractivity contribution in [3.05, 3.63) is 72.1 Å². The van der Waals surface area contributed by atoms with Crippen molar-refractivity contribution in [2.45, 2.75) is 13.8 Å². The van der Waals surface area contributed by atoms with Crippen molar-refractivity contribution in [1.29, 1.82) is 0 Å². The van der Waals surface area contributed by atoms with E-state index < -0.39 is 0 Å². The predicted molar refractivity (Wildman–Crippen MR) is 104 cm³/mol. The van der Waals surface area contributed by atoms with Gasteiger partial charge in [-0.05, 0) is 0 Å². The fourth-order valence-electron chi connectivity index (χ4n) is 2.43. The molecule has 25 heavy (non-hydrogen) atoms. The maximum absolute atomic E-state index is 4.44. The van der Waals surface area contributed by atoms with Crippen molar-refractivity contribution in [2.24, 2.45) is 0 Å². The van der Waals surface area contributed by atoms with Crippen LogP contribution in [0.25, 0.3) is 21.8 Å². The van der Waals surface area contributed by atoms with Crippen LogP contribution in [0.5, 0.6) is 0 Å². The molecule has 2 radical (unpaired) electrons. The van der Waals surface area contributed by atoms with Gasteiger partial charge in [0.25, 0.3) is 0 Å². The van der Waals surface area contributed by atoms with E-state index in [9.17, 15) is 0 Å². The van der Waals surface area contributed by atoms with E-state index in [4.69, 9.17) is 0 Å². The van der Waals surface area contributed by atoms with Crippen LogP contribution in [-0.4, -0.2) is 42.0 Å². The molecule has 2 aromatic heterocycles. The molecule has 0 aliphatic rings. The first kappa shape index (κ1) is 20.3. The molecule has 0 saturated carbocycles. The van der Waals surface area contributed by atoms with Gasteiger partial charge in [-0.2, -0.15) is 0 Å². The van der Waals surface area contributed by atoms with Crippen LogP contribution in [-0.2, 0) is 20.4 Å². The van der Waals surface area contributed by atoms with E-state index in [1.807, 2.05) is 50.2 Å². The van der Waals surface area contributed by atoms with Crippen LogP contribution in [0.1, 0.15) is 11.4 Å². The number of benzene rings is 2. The first-order chi connectivity index (χ1) is 11.5. The number of para-hydroxylation sites is 2. The van der Waals surface area contributed by atoms with Crippen LogP contribution < -0.4 is 8.92 Å². The summed E-state index contributed by atoms with van der Waals surface area (Å²) >= 11 is 6.02. The SMILES string of the molecule is Cc1ccc2cccc([Se])c2n1.Cc1ccc2cccc([Se])c2n1.[Pd]. The van der Waals surface area contributed by atoms with E-state index in [1.165, 1.54) is 10.8 Å². The Hall–Kier alpha value is -1.04. The molecule has 2 heterocycles. The van der Waals surface area contributed by atoms with Crippen molar-refractivity contribution in [3.63, 3.8) is 0 Å². The predicted octanol–water partition coefficient (Wildman–Crippen LogP) is 2.67. The summed E-state index contributed by atoms with van der Waals surface area (Å²) in [5.74, 6) is 0. The Morgan fingerprint density at radius 2 is 1.00 bits per heavy atom. The number of fused-ring (bicyclic) bond motifs is 2. The molecule has 0 fully saturated rings. The second kappa shape index (κ2) is 9.06. The third-order valence-corrected chi connectivity index (χ3v) is 5.03. The van der Waals surface area contributed by atoms with Crippen LogP contribution in [0.3, 0.4) is 0 Å². The molecular formula is C20H16N2PdSe2. The molecule has 2 aromatic carbocycles. The summed E-state index contributed by atoms with van der Waals surface area (Å²) in [5.41, 5.74) is 4.26. The van der Waals surface area contributed by atoms with Crippen molar-refractivity contribution in [2.75, 3.05) is 0 Å². The fourth-order valence-corrected chi connectivity index (χ4v) is 3.45. The summed E-state index contributed by atoms with van der Waals surface area (Å²) in [6.45, 7) is 4.01. The molecule has 0 bridgehead atoms. The summed E-state index contributed by atoms with van der Waals surface area (Å²) in [7, 11) is 0. The molecule has 4 aromatic rings. The second-order valence-corrected chi connectivity index (χ2v) is 7.41. The Kier molecular flexibility index (Phi) is 7.35. The Balaban J connectivity index is 0.000000173. The minimum absolute atomic E-state index is 0. The van der Waals surface area contributed by atoms with Gasteiger partial charge in [-0.3, -0.25) is 0 Å². The Morgan fingerprint density at radius 1 is 0.600 bits per heavy atom. The molecule has 4 rings (SSSR count). The van der Waals surface area contributed by atoms with Crippen LogP contribution >= 0.6 is 0 Å². The van der Waals surface area contributed by atoms with Gasteiger partial charge in [-0.25, -0.2) is 0 Å². The number of hydrogen-bond acceptors (Lipinski definition) is 2. The molecule has 0 amide bonds. The van der Waals surface area contributed by atoms with E-state index >= 15 is 0 Å². The van der Waals surface area contributed by atoms with Gasteiger partial charge >= 0.3 is 159 Å². The average Bonchev–Trinajstić information content (AvgIpc) is 2.57. The summed E-state index contributed by atoms with van der Waals surface area (Å²) in [6.07, 6.45) is 0. The maximum Gasteiger partial charge on any atom is 0 e. The molecule has 0 N–H and O–H groups in total. The molecule has 0 saturated heterocycles. The van der Waals surface area contributed by atoms with Gasteiger partial charge in [0.1, 0.15) is 0 Å². The number of aromatic nitrogens is 2. The average molecular weight is 549 g/mol. The van der Waals surface area contributed by atoms with Gasteiger partial charge in [0, 0.05) is 20.4 Å². The number of pyridine rings is 2. The van der Waals surface area contributed by atoms with E-state index in [0.717, 1.165) is 31.3 Å². The van der Waals surface area contributed by atoms with Crippen LogP contribution in [0.4, 0.5) is 0 Å². The first-order valence-electron chi connectivity index (χ1n) is 7.61. The van der Waals surface area contributed by atoms with E-state index in [2.05, 4.69) is 66.3 Å². The number of hydrogen-bond donors (Lipinski definition) is 0. The summed E-state index contributed by atoms with van der Waals surface area (Å²) in [4.78, 5) is 8.89. The summed E-state index contributed by atoms with van der Waals surface area (Å²) in [5, 5.41) is 2.38. The van der Waals surface area contributed by atoms with Crippen LogP contribution in [0.15, 0.2) is 60.7 Å². The number of aryl methyl sites for hydroxylation is 2. The molecule has 128 valence electrons. The normalized spacial score (nSPS) is 10.0. The molecule has 0 aliphatic heterocycles. The monoisotopic (exact) mass is 550 g/mol.